The highest BCUT2D eigenvalue weighted by molar-refractivity contribution is 6.32. The van der Waals surface area contributed by atoms with Gasteiger partial charge in [0.2, 0.25) is 5.75 Å². The zero-order chi connectivity index (χ0) is 28.2. The van der Waals surface area contributed by atoms with Crippen LogP contribution in [0, 0.1) is 6.92 Å². The van der Waals surface area contributed by atoms with Crippen LogP contribution >= 0.6 is 11.6 Å². The quantitative estimate of drug-likeness (QED) is 0.191. The normalized spacial score (nSPS) is 11.1. The number of hydrazone groups is 1. The van der Waals surface area contributed by atoms with Crippen LogP contribution in [0.4, 0.5) is 0 Å². The summed E-state index contributed by atoms with van der Waals surface area (Å²) in [5, 5.41) is 9.77. The summed E-state index contributed by atoms with van der Waals surface area (Å²) in [6, 6.07) is 22.2. The molecule has 0 radical (unpaired) electrons. The van der Waals surface area contributed by atoms with Crippen molar-refractivity contribution >= 4 is 34.6 Å². The summed E-state index contributed by atoms with van der Waals surface area (Å²) in [4.78, 5) is 18.2. The van der Waals surface area contributed by atoms with Gasteiger partial charge in [0.1, 0.15) is 5.15 Å². The number of hydrogen-bond donors (Lipinski definition) is 1. The Morgan fingerprint density at radius 1 is 0.950 bits per heavy atom. The summed E-state index contributed by atoms with van der Waals surface area (Å²) in [6.45, 7) is 1.83. The number of aryl methyl sites for hydroxylation is 1. The molecule has 1 amide bonds. The molecule has 0 saturated carbocycles. The predicted octanol–water partition coefficient (Wildman–Crippen LogP) is 5.84. The number of fused-ring (bicyclic) bond motifs is 1. The maximum Gasteiger partial charge on any atom is 0.272 e. The van der Waals surface area contributed by atoms with Crippen molar-refractivity contribution in [2.45, 2.75) is 6.92 Å². The van der Waals surface area contributed by atoms with Gasteiger partial charge in [0.25, 0.3) is 5.91 Å². The minimum absolute atomic E-state index is 0.390. The summed E-state index contributed by atoms with van der Waals surface area (Å²) in [5.74, 6) is 1.01. The SMILES string of the molecule is COc1cc(-c2cc(C(=O)N/N=C/c3c(C)nn(-c4ccccc4)c3Cl)c3ccccc3n2)cc(OC)c1OC. The number of aromatic nitrogens is 3. The average molecular weight is 556 g/mol. The lowest BCUT2D eigenvalue weighted by molar-refractivity contribution is 0.0956. The second kappa shape index (κ2) is 11.5. The number of carbonyl (C=O) groups is 1. The highest BCUT2D eigenvalue weighted by Crippen LogP contribution is 2.41. The third-order valence-corrected chi connectivity index (χ3v) is 6.69. The lowest BCUT2D eigenvalue weighted by Gasteiger charge is -2.15. The van der Waals surface area contributed by atoms with E-state index in [4.69, 9.17) is 30.8 Å². The fraction of sp³-hybridized carbons (Fsp3) is 0.133. The molecule has 0 aliphatic rings. The van der Waals surface area contributed by atoms with Crippen LogP contribution in [0.5, 0.6) is 17.2 Å². The van der Waals surface area contributed by atoms with Gasteiger partial charge in [0.05, 0.1) is 61.3 Å². The predicted molar refractivity (Wildman–Crippen MR) is 155 cm³/mol. The first-order chi connectivity index (χ1) is 19.4. The number of methoxy groups -OCH3 is 3. The Morgan fingerprint density at radius 2 is 1.62 bits per heavy atom. The maximum atomic E-state index is 13.4. The van der Waals surface area contributed by atoms with Crippen molar-refractivity contribution in [3.63, 3.8) is 0 Å². The van der Waals surface area contributed by atoms with Gasteiger partial charge in [-0.15, -0.1) is 0 Å². The number of carbonyl (C=O) groups excluding carboxylic acids is 1. The van der Waals surface area contributed by atoms with Crippen molar-refractivity contribution in [3.05, 3.63) is 94.8 Å². The Labute approximate surface area is 236 Å². The van der Waals surface area contributed by atoms with Crippen molar-refractivity contribution in [2.75, 3.05) is 21.3 Å². The summed E-state index contributed by atoms with van der Waals surface area (Å²) in [6.07, 6.45) is 1.49. The van der Waals surface area contributed by atoms with Crippen LogP contribution in [0.3, 0.4) is 0 Å². The number of ether oxygens (including phenoxy) is 3. The fourth-order valence-corrected chi connectivity index (χ4v) is 4.67. The zero-order valence-corrected chi connectivity index (χ0v) is 23.1. The van der Waals surface area contributed by atoms with E-state index in [1.165, 1.54) is 6.21 Å². The first-order valence-electron chi connectivity index (χ1n) is 12.3. The average Bonchev–Trinajstić information content (AvgIpc) is 3.28. The molecule has 2 heterocycles. The monoisotopic (exact) mass is 555 g/mol. The number of rotatable bonds is 8. The Kier molecular flexibility index (Phi) is 7.65. The number of benzene rings is 3. The van der Waals surface area contributed by atoms with Crippen molar-refractivity contribution in [1.29, 1.82) is 0 Å². The van der Waals surface area contributed by atoms with Crippen LogP contribution in [0.2, 0.25) is 5.15 Å². The minimum atomic E-state index is -0.409. The van der Waals surface area contributed by atoms with E-state index in [9.17, 15) is 4.79 Å². The van der Waals surface area contributed by atoms with Gasteiger partial charge in [0, 0.05) is 10.9 Å². The number of amides is 1. The first-order valence-corrected chi connectivity index (χ1v) is 12.7. The second-order valence-corrected chi connectivity index (χ2v) is 9.08. The largest absolute Gasteiger partial charge is 0.493 e. The third kappa shape index (κ3) is 5.06. The van der Waals surface area contributed by atoms with Crippen molar-refractivity contribution in [3.8, 4) is 34.2 Å². The molecule has 0 aliphatic carbocycles. The molecular formula is C30H26ClN5O4. The van der Waals surface area contributed by atoms with Gasteiger partial charge in [-0.05, 0) is 43.3 Å². The number of nitrogens with zero attached hydrogens (tertiary/aromatic N) is 4. The molecule has 0 spiro atoms. The molecule has 5 rings (SSSR count). The van der Waals surface area contributed by atoms with E-state index >= 15 is 0 Å². The summed E-state index contributed by atoms with van der Waals surface area (Å²) in [7, 11) is 4.63. The molecule has 3 aromatic carbocycles. The van der Waals surface area contributed by atoms with E-state index in [0.29, 0.717) is 61.4 Å². The van der Waals surface area contributed by atoms with Crippen LogP contribution in [0.25, 0.3) is 27.8 Å². The molecule has 0 bridgehead atoms. The van der Waals surface area contributed by atoms with Crippen LogP contribution in [-0.4, -0.2) is 48.2 Å². The molecule has 0 aliphatic heterocycles. The Morgan fingerprint density at radius 3 is 2.30 bits per heavy atom. The van der Waals surface area contributed by atoms with Crippen LogP contribution in [0.1, 0.15) is 21.6 Å². The van der Waals surface area contributed by atoms with E-state index in [1.807, 2.05) is 61.5 Å². The van der Waals surface area contributed by atoms with Crippen LogP contribution in [-0.2, 0) is 0 Å². The van der Waals surface area contributed by atoms with Gasteiger partial charge in [-0.1, -0.05) is 48.0 Å². The summed E-state index contributed by atoms with van der Waals surface area (Å²) < 4.78 is 18.1. The van der Waals surface area contributed by atoms with E-state index in [-0.39, 0.29) is 0 Å². The van der Waals surface area contributed by atoms with Gasteiger partial charge in [0.15, 0.2) is 11.5 Å². The molecule has 0 unspecified atom stereocenters. The van der Waals surface area contributed by atoms with Crippen LogP contribution < -0.4 is 19.6 Å². The van der Waals surface area contributed by atoms with Gasteiger partial charge >= 0.3 is 0 Å². The zero-order valence-electron chi connectivity index (χ0n) is 22.3. The second-order valence-electron chi connectivity index (χ2n) is 8.72. The van der Waals surface area contributed by atoms with E-state index in [2.05, 4.69) is 15.6 Å². The van der Waals surface area contributed by atoms with Crippen molar-refractivity contribution < 1.29 is 19.0 Å². The first kappa shape index (κ1) is 26.7. The number of nitrogens with one attached hydrogen (secondary N) is 1. The highest BCUT2D eigenvalue weighted by Gasteiger charge is 2.18. The molecule has 1 N–H and O–H groups in total. The number of pyridine rings is 1. The summed E-state index contributed by atoms with van der Waals surface area (Å²) >= 11 is 6.59. The number of para-hydroxylation sites is 2. The topological polar surface area (TPSA) is 99.9 Å². The van der Waals surface area contributed by atoms with Gasteiger partial charge in [-0.3, -0.25) is 4.79 Å². The third-order valence-electron chi connectivity index (χ3n) is 6.33. The van der Waals surface area contributed by atoms with Crippen molar-refractivity contribution in [2.24, 2.45) is 5.10 Å². The molecule has 0 atom stereocenters. The summed E-state index contributed by atoms with van der Waals surface area (Å²) in [5.41, 5.74) is 7.00. The highest BCUT2D eigenvalue weighted by atomic mass is 35.5. The van der Waals surface area contributed by atoms with E-state index < -0.39 is 5.91 Å². The van der Waals surface area contributed by atoms with Crippen LogP contribution in [0.15, 0.2) is 77.9 Å². The van der Waals surface area contributed by atoms with Gasteiger partial charge in [-0.2, -0.15) is 10.2 Å². The minimum Gasteiger partial charge on any atom is -0.493 e. The molecule has 10 heteroatoms. The Hall–Kier alpha value is -4.89. The molecule has 202 valence electrons. The smallest absolute Gasteiger partial charge is 0.272 e. The number of hydrogen-bond acceptors (Lipinski definition) is 7. The molecule has 0 saturated heterocycles. The fourth-order valence-electron chi connectivity index (χ4n) is 4.35. The van der Waals surface area contributed by atoms with Gasteiger partial charge < -0.3 is 14.2 Å². The molecule has 0 fully saturated rings. The van der Waals surface area contributed by atoms with Gasteiger partial charge in [-0.25, -0.2) is 15.1 Å². The number of halogens is 1. The Balaban J connectivity index is 1.49. The molecule has 5 aromatic rings. The molecular weight excluding hydrogens is 530 g/mol. The van der Waals surface area contributed by atoms with E-state index in [0.717, 1.165) is 5.69 Å². The molecule has 2 aromatic heterocycles. The molecule has 9 nitrogen and oxygen atoms in total. The van der Waals surface area contributed by atoms with E-state index in [1.54, 1.807) is 44.2 Å². The lowest BCUT2D eigenvalue weighted by atomic mass is 10.0. The lowest BCUT2D eigenvalue weighted by Crippen LogP contribution is -2.18. The van der Waals surface area contributed by atoms with Crippen molar-refractivity contribution in [1.82, 2.24) is 20.2 Å². The molecule has 40 heavy (non-hydrogen) atoms. The standard InChI is InChI=1S/C30H26ClN5O4/c1-18-23(29(31)36(35-18)20-10-6-5-7-11-20)17-32-34-30(37)22-16-25(33-24-13-9-8-12-21(22)24)19-14-26(38-2)28(40-4)27(15-19)39-3/h5-17H,1-4H3,(H,34,37)/b32-17+. The maximum absolute atomic E-state index is 13.4. The Bertz CT molecular complexity index is 1710.